The zero-order valence-corrected chi connectivity index (χ0v) is 21.8. The zero-order valence-electron chi connectivity index (χ0n) is 21.1. The molecule has 3 aromatic rings. The largest absolute Gasteiger partial charge is 0.352 e. The molecule has 2 N–H and O–H groups in total. The lowest BCUT2D eigenvalue weighted by molar-refractivity contribution is -0.135. The van der Waals surface area contributed by atoms with Crippen LogP contribution in [0, 0.1) is 5.82 Å². The van der Waals surface area contributed by atoms with Crippen LogP contribution in [0.25, 0.3) is 0 Å². The number of benzene rings is 2. The molecule has 39 heavy (non-hydrogen) atoms. The number of halogens is 4. The summed E-state index contributed by atoms with van der Waals surface area (Å²) in [5, 5.41) is 5.75. The monoisotopic (exact) mass is 557 g/mol. The fraction of sp³-hybridized carbons (Fsp3) is 0.357. The number of rotatable bonds is 7. The molecule has 1 saturated heterocycles. The first kappa shape index (κ1) is 26.9. The first-order valence-electron chi connectivity index (χ1n) is 12.7. The minimum Gasteiger partial charge on any atom is -0.352 e. The Bertz CT molecular complexity index is 1370. The third-order valence-corrected chi connectivity index (χ3v) is 7.79. The number of nitrogens with one attached hydrogen (secondary N) is 2. The maximum Gasteiger partial charge on any atom is 0.252 e. The third-order valence-electron chi connectivity index (χ3n) is 7.45. The van der Waals surface area contributed by atoms with Crippen LogP contribution in [0.1, 0.15) is 44.1 Å². The molecule has 2 amide bonds. The lowest BCUT2D eigenvalue weighted by Crippen LogP contribution is -2.63. The topological polar surface area (TPSA) is 87.2 Å². The van der Waals surface area contributed by atoms with Crippen molar-refractivity contribution in [1.29, 1.82) is 0 Å². The van der Waals surface area contributed by atoms with Crippen LogP contribution in [0.3, 0.4) is 0 Å². The van der Waals surface area contributed by atoms with Crippen LogP contribution in [0.15, 0.2) is 67.0 Å². The van der Waals surface area contributed by atoms with E-state index in [1.165, 1.54) is 36.7 Å². The fourth-order valence-corrected chi connectivity index (χ4v) is 5.92. The van der Waals surface area contributed by atoms with Gasteiger partial charge in [-0.2, -0.15) is 0 Å². The van der Waals surface area contributed by atoms with E-state index >= 15 is 0 Å². The molecule has 1 saturated carbocycles. The highest BCUT2D eigenvalue weighted by Crippen LogP contribution is 2.48. The lowest BCUT2D eigenvalue weighted by Gasteiger charge is -2.45. The maximum absolute atomic E-state index is 14.4. The van der Waals surface area contributed by atoms with Crippen LogP contribution in [0.5, 0.6) is 0 Å². The Morgan fingerprint density at radius 1 is 1.08 bits per heavy atom. The van der Waals surface area contributed by atoms with Gasteiger partial charge in [-0.25, -0.2) is 23.1 Å². The molecule has 0 spiro atoms. The van der Waals surface area contributed by atoms with Gasteiger partial charge in [-0.05, 0) is 55.7 Å². The summed E-state index contributed by atoms with van der Waals surface area (Å²) < 4.78 is 41.3. The van der Waals surface area contributed by atoms with Crippen LogP contribution in [0.2, 0.25) is 5.02 Å². The SMILES string of the molecule is CC1CCC(C(=O)Nc2cccc(F)c2)([C@@H](C(=O)NC2CC(F)(F)C2)c2ccccc2Cl)N1c1ncccn1. The van der Waals surface area contributed by atoms with Crippen molar-refractivity contribution in [1.82, 2.24) is 15.3 Å². The second-order valence-corrected chi connectivity index (χ2v) is 10.5. The zero-order chi connectivity index (χ0) is 27.8. The quantitative estimate of drug-likeness (QED) is 0.410. The average Bonchev–Trinajstić information content (AvgIpc) is 3.22. The van der Waals surface area contributed by atoms with E-state index in [2.05, 4.69) is 20.6 Å². The molecule has 2 aromatic carbocycles. The van der Waals surface area contributed by atoms with Gasteiger partial charge in [0.15, 0.2) is 0 Å². The molecule has 2 fully saturated rings. The van der Waals surface area contributed by atoms with Gasteiger partial charge in [0.25, 0.3) is 11.8 Å². The van der Waals surface area contributed by atoms with Crippen LogP contribution in [0.4, 0.5) is 24.8 Å². The predicted molar refractivity (Wildman–Crippen MR) is 141 cm³/mol. The minimum absolute atomic E-state index is 0.192. The maximum atomic E-state index is 14.4. The van der Waals surface area contributed by atoms with Crippen molar-refractivity contribution in [3.8, 4) is 0 Å². The van der Waals surface area contributed by atoms with Gasteiger partial charge in [0.2, 0.25) is 11.9 Å². The summed E-state index contributed by atoms with van der Waals surface area (Å²) in [6.07, 6.45) is 2.77. The van der Waals surface area contributed by atoms with E-state index < -0.39 is 53.9 Å². The van der Waals surface area contributed by atoms with Crippen LogP contribution in [-0.4, -0.2) is 45.3 Å². The molecule has 1 aliphatic heterocycles. The Labute approximate surface area is 228 Å². The smallest absolute Gasteiger partial charge is 0.252 e. The Balaban J connectivity index is 1.66. The van der Waals surface area contributed by atoms with Crippen molar-refractivity contribution < 1.29 is 22.8 Å². The summed E-state index contributed by atoms with van der Waals surface area (Å²) in [6.45, 7) is 1.89. The molecular weight excluding hydrogens is 531 g/mol. The normalized spacial score (nSPS) is 23.1. The predicted octanol–water partition coefficient (Wildman–Crippen LogP) is 5.33. The summed E-state index contributed by atoms with van der Waals surface area (Å²) in [4.78, 5) is 39.0. The van der Waals surface area contributed by atoms with Gasteiger partial charge in [0, 0.05) is 48.0 Å². The molecule has 1 aromatic heterocycles. The number of aromatic nitrogens is 2. The first-order valence-corrected chi connectivity index (χ1v) is 13.0. The standard InChI is InChI=1S/C28H27ClF3N5O2/c1-17-10-11-28(37(17)26-33-12-5-13-34-26,25(39)36-19-7-4-6-18(30)14-19)23(21-8-2-3-9-22(21)29)24(38)35-20-15-27(31,32)16-20/h2-9,12-14,17,20,23H,10-11,15-16H2,1H3,(H,35,38)(H,36,39)/t17?,23-,28?/m1/s1. The molecule has 0 bridgehead atoms. The minimum atomic E-state index is -2.85. The van der Waals surface area contributed by atoms with E-state index in [1.54, 1.807) is 35.2 Å². The highest BCUT2D eigenvalue weighted by molar-refractivity contribution is 6.31. The Morgan fingerprint density at radius 2 is 1.79 bits per heavy atom. The number of nitrogens with zero attached hydrogens (tertiary/aromatic N) is 3. The first-order chi connectivity index (χ1) is 18.6. The number of amides is 2. The molecule has 2 unspecified atom stereocenters. The van der Waals surface area contributed by atoms with Gasteiger partial charge >= 0.3 is 0 Å². The number of carbonyl (C=O) groups is 2. The summed E-state index contributed by atoms with van der Waals surface area (Å²) in [5.41, 5.74) is -1.08. The third kappa shape index (κ3) is 5.17. The molecule has 7 nitrogen and oxygen atoms in total. The van der Waals surface area contributed by atoms with Crippen molar-refractivity contribution >= 4 is 35.1 Å². The van der Waals surface area contributed by atoms with Gasteiger partial charge in [0.05, 0.1) is 5.92 Å². The van der Waals surface area contributed by atoms with Gasteiger partial charge < -0.3 is 15.5 Å². The summed E-state index contributed by atoms with van der Waals surface area (Å²) >= 11 is 6.62. The molecule has 204 valence electrons. The highest BCUT2D eigenvalue weighted by atomic mass is 35.5. The molecule has 2 heterocycles. The summed E-state index contributed by atoms with van der Waals surface area (Å²) in [5.74, 6) is -5.62. The Kier molecular flexibility index (Phi) is 7.24. The van der Waals surface area contributed by atoms with Crippen molar-refractivity contribution in [2.24, 2.45) is 0 Å². The summed E-state index contributed by atoms with van der Waals surface area (Å²) in [6, 6.07) is 12.7. The van der Waals surface area contributed by atoms with Gasteiger partial charge in [0.1, 0.15) is 11.4 Å². The number of anilines is 2. The van der Waals surface area contributed by atoms with Crippen LogP contribution < -0.4 is 15.5 Å². The van der Waals surface area contributed by atoms with Crippen molar-refractivity contribution in [2.45, 2.75) is 62.1 Å². The van der Waals surface area contributed by atoms with E-state index in [0.717, 1.165) is 0 Å². The molecule has 3 atom stereocenters. The number of carbonyl (C=O) groups excluding carboxylic acids is 2. The Morgan fingerprint density at radius 3 is 2.46 bits per heavy atom. The molecule has 1 aliphatic carbocycles. The van der Waals surface area contributed by atoms with Crippen molar-refractivity contribution in [2.75, 3.05) is 10.2 Å². The van der Waals surface area contributed by atoms with Gasteiger partial charge in [-0.3, -0.25) is 9.59 Å². The van der Waals surface area contributed by atoms with Crippen molar-refractivity contribution in [3.63, 3.8) is 0 Å². The molecular formula is C28H27ClF3N5O2. The summed E-state index contributed by atoms with van der Waals surface area (Å²) in [7, 11) is 0. The van der Waals surface area contributed by atoms with Crippen LogP contribution in [-0.2, 0) is 9.59 Å². The average molecular weight is 558 g/mol. The second-order valence-electron chi connectivity index (χ2n) is 10.1. The fourth-order valence-electron chi connectivity index (χ4n) is 5.68. The second kappa shape index (κ2) is 10.5. The van der Waals surface area contributed by atoms with Gasteiger partial charge in [-0.1, -0.05) is 35.9 Å². The molecule has 2 aliphatic rings. The van der Waals surface area contributed by atoms with E-state index in [1.807, 2.05) is 6.92 Å². The van der Waals surface area contributed by atoms with Crippen LogP contribution >= 0.6 is 11.6 Å². The molecule has 5 rings (SSSR count). The lowest BCUT2D eigenvalue weighted by atomic mass is 9.75. The Hall–Kier alpha value is -3.66. The highest BCUT2D eigenvalue weighted by Gasteiger charge is 2.60. The molecule has 0 radical (unpaired) electrons. The molecule has 11 heteroatoms. The van der Waals surface area contributed by atoms with Crippen molar-refractivity contribution in [3.05, 3.63) is 83.4 Å². The van der Waals surface area contributed by atoms with E-state index in [9.17, 15) is 22.8 Å². The van der Waals surface area contributed by atoms with E-state index in [4.69, 9.17) is 11.6 Å². The van der Waals surface area contributed by atoms with Gasteiger partial charge in [-0.15, -0.1) is 0 Å². The number of hydrogen-bond acceptors (Lipinski definition) is 5. The van der Waals surface area contributed by atoms with E-state index in [0.29, 0.717) is 12.0 Å². The number of alkyl halides is 2. The number of hydrogen-bond donors (Lipinski definition) is 2. The van der Waals surface area contributed by atoms with E-state index in [-0.39, 0.29) is 29.1 Å².